The Bertz CT molecular complexity index is 1480. The van der Waals surface area contributed by atoms with Crippen molar-refractivity contribution in [1.82, 2.24) is 0 Å². The van der Waals surface area contributed by atoms with E-state index in [2.05, 4.69) is 38.8 Å². The first-order chi connectivity index (χ1) is 18.8. The Morgan fingerprint density at radius 3 is 1.52 bits per heavy atom. The zero-order valence-electron chi connectivity index (χ0n) is 21.0. The predicted molar refractivity (Wildman–Crippen MR) is 170 cm³/mol. The van der Waals surface area contributed by atoms with Gasteiger partial charge in [-0.05, 0) is 128 Å². The zero-order chi connectivity index (χ0) is 29.4. The molecule has 0 amide bonds. The fourth-order valence-electron chi connectivity index (χ4n) is 4.91. The van der Waals surface area contributed by atoms with Crippen LogP contribution < -0.4 is 0 Å². The van der Waals surface area contributed by atoms with E-state index < -0.39 is 5.41 Å². The summed E-state index contributed by atoms with van der Waals surface area (Å²) in [6.45, 7) is 2.09. The molecular weight excluding hydrogens is 726 g/mol. The second kappa shape index (κ2) is 12.6. The van der Waals surface area contributed by atoms with Crippen molar-refractivity contribution < 1.29 is 20.4 Å². The van der Waals surface area contributed by atoms with E-state index in [0.717, 1.165) is 22.3 Å². The summed E-state index contributed by atoms with van der Waals surface area (Å²) in [7, 11) is 0. The molecule has 0 radical (unpaired) electrons. The summed E-state index contributed by atoms with van der Waals surface area (Å²) in [4.78, 5) is 0. The van der Waals surface area contributed by atoms with Gasteiger partial charge in [-0.25, -0.2) is 0 Å². The highest BCUT2D eigenvalue weighted by Gasteiger charge is 2.34. The monoisotopic (exact) mass is 746 g/mol. The number of aromatic hydroxyl groups is 4. The minimum absolute atomic E-state index is 0.118. The Morgan fingerprint density at radius 1 is 0.675 bits per heavy atom. The molecule has 0 saturated heterocycles. The SMILES string of the molecule is CC(CC(CCc1cc(Cl)c(O)c(Cl)c1)c1cc(Cl)c(O)c(Cl)c1)(c1ccc(O)c(Br)c1)c1ccc(O)c(Br)c1. The smallest absolute Gasteiger partial charge is 0.152 e. The van der Waals surface area contributed by atoms with Crippen molar-refractivity contribution in [3.05, 3.63) is 112 Å². The number of hydrogen-bond donors (Lipinski definition) is 4. The molecule has 1 unspecified atom stereocenters. The van der Waals surface area contributed by atoms with Gasteiger partial charge in [0.2, 0.25) is 0 Å². The summed E-state index contributed by atoms with van der Waals surface area (Å²) in [5.41, 5.74) is 2.89. The fourth-order valence-corrected chi connectivity index (χ4v) is 6.70. The minimum atomic E-state index is -0.627. The maximum absolute atomic E-state index is 10.2. The van der Waals surface area contributed by atoms with E-state index >= 15 is 0 Å². The molecule has 1 atom stereocenters. The van der Waals surface area contributed by atoms with Crippen molar-refractivity contribution in [3.63, 3.8) is 0 Å². The van der Waals surface area contributed by atoms with Gasteiger partial charge in [0.25, 0.3) is 0 Å². The summed E-state index contributed by atoms with van der Waals surface area (Å²) in [6, 6.07) is 17.6. The van der Waals surface area contributed by atoms with Crippen LogP contribution in [0.25, 0.3) is 0 Å². The van der Waals surface area contributed by atoms with Crippen molar-refractivity contribution in [1.29, 1.82) is 0 Å². The second-order valence-electron chi connectivity index (χ2n) is 9.85. The van der Waals surface area contributed by atoms with E-state index in [0.29, 0.717) is 28.2 Å². The van der Waals surface area contributed by atoms with Gasteiger partial charge < -0.3 is 20.4 Å². The highest BCUT2D eigenvalue weighted by molar-refractivity contribution is 9.10. The predicted octanol–water partition coefficient (Wildman–Crippen LogP) is 10.8. The van der Waals surface area contributed by atoms with E-state index in [1.165, 1.54) is 0 Å². The Morgan fingerprint density at radius 2 is 1.10 bits per heavy atom. The Kier molecular flexibility index (Phi) is 9.81. The van der Waals surface area contributed by atoms with Gasteiger partial charge in [-0.15, -0.1) is 0 Å². The number of halogens is 6. The van der Waals surface area contributed by atoms with Gasteiger partial charge in [-0.3, -0.25) is 0 Å². The van der Waals surface area contributed by atoms with Gasteiger partial charge in [0.05, 0.1) is 29.0 Å². The van der Waals surface area contributed by atoms with Crippen molar-refractivity contribution in [2.45, 2.75) is 37.5 Å². The standard InChI is InChI=1S/C30H24Br2Cl4O4/c1-30(18-4-6-26(37)20(31)12-18,19-5-7-27(38)21(32)13-19)14-16(17-10-24(35)29(40)25(36)11-17)3-2-15-8-22(33)28(39)23(34)9-15/h4-13,16,37-40H,2-3,14H2,1H3. The number of hydrogen-bond acceptors (Lipinski definition) is 4. The van der Waals surface area contributed by atoms with Crippen molar-refractivity contribution >= 4 is 78.3 Å². The molecule has 0 aliphatic carbocycles. The van der Waals surface area contributed by atoms with Gasteiger partial charge >= 0.3 is 0 Å². The Balaban J connectivity index is 1.84. The summed E-state index contributed by atoms with van der Waals surface area (Å²) >= 11 is 32.0. The number of phenols is 4. The average Bonchev–Trinajstić information content (AvgIpc) is 2.90. The van der Waals surface area contributed by atoms with Gasteiger partial charge in [0, 0.05) is 5.41 Å². The third-order valence-corrected chi connectivity index (χ3v) is 9.62. The van der Waals surface area contributed by atoms with Gasteiger partial charge in [-0.2, -0.15) is 0 Å². The maximum Gasteiger partial charge on any atom is 0.152 e. The lowest BCUT2D eigenvalue weighted by Crippen LogP contribution is -2.27. The average molecular weight is 750 g/mol. The molecule has 4 rings (SSSR count). The zero-order valence-corrected chi connectivity index (χ0v) is 27.2. The quantitative estimate of drug-likeness (QED) is 0.145. The molecule has 0 heterocycles. The van der Waals surface area contributed by atoms with Crippen LogP contribution in [0.2, 0.25) is 20.1 Å². The lowest BCUT2D eigenvalue weighted by Gasteiger charge is -2.36. The van der Waals surface area contributed by atoms with E-state index in [1.807, 2.05) is 24.3 Å². The topological polar surface area (TPSA) is 80.9 Å². The molecule has 0 bridgehead atoms. The number of benzene rings is 4. The highest BCUT2D eigenvalue weighted by Crippen LogP contribution is 2.47. The first kappa shape index (κ1) is 31.1. The minimum Gasteiger partial charge on any atom is -0.507 e. The van der Waals surface area contributed by atoms with Crippen molar-refractivity contribution in [3.8, 4) is 23.0 Å². The lowest BCUT2D eigenvalue weighted by atomic mass is 9.68. The Hall–Kier alpha value is -1.80. The third-order valence-electron chi connectivity index (χ3n) is 7.19. The van der Waals surface area contributed by atoms with Crippen LogP contribution in [0.3, 0.4) is 0 Å². The molecule has 0 aliphatic heterocycles. The van der Waals surface area contributed by atoms with E-state index in [1.54, 1.807) is 36.4 Å². The summed E-state index contributed by atoms with van der Waals surface area (Å²) in [5.74, 6) is -0.257. The molecular formula is C30H24Br2Cl4O4. The normalized spacial score (nSPS) is 12.5. The molecule has 10 heteroatoms. The molecule has 40 heavy (non-hydrogen) atoms. The molecule has 0 aliphatic rings. The first-order valence-electron chi connectivity index (χ1n) is 12.1. The van der Waals surface area contributed by atoms with Crippen LogP contribution in [-0.2, 0) is 11.8 Å². The largest absolute Gasteiger partial charge is 0.507 e. The summed E-state index contributed by atoms with van der Waals surface area (Å²) < 4.78 is 1.10. The molecule has 0 saturated carbocycles. The molecule has 0 fully saturated rings. The number of phenolic OH excluding ortho intramolecular Hbond substituents is 4. The summed E-state index contributed by atoms with van der Waals surface area (Å²) in [6.07, 6.45) is 1.73. The molecule has 4 nitrogen and oxygen atoms in total. The molecule has 0 aromatic heterocycles. The van der Waals surface area contributed by atoms with Crippen LogP contribution in [0, 0.1) is 0 Å². The van der Waals surface area contributed by atoms with Gasteiger partial charge in [0.15, 0.2) is 11.5 Å². The fraction of sp³-hybridized carbons (Fsp3) is 0.200. The van der Waals surface area contributed by atoms with Crippen LogP contribution in [-0.4, -0.2) is 20.4 Å². The maximum atomic E-state index is 10.2. The van der Waals surface area contributed by atoms with Crippen LogP contribution in [0.5, 0.6) is 23.0 Å². The van der Waals surface area contributed by atoms with E-state index in [4.69, 9.17) is 46.4 Å². The molecule has 210 valence electrons. The van der Waals surface area contributed by atoms with E-state index in [-0.39, 0.29) is 49.0 Å². The molecule has 4 aromatic carbocycles. The van der Waals surface area contributed by atoms with Crippen LogP contribution in [0.15, 0.2) is 69.6 Å². The number of aryl methyl sites for hydroxylation is 1. The van der Waals surface area contributed by atoms with Crippen LogP contribution in [0.1, 0.15) is 47.9 Å². The van der Waals surface area contributed by atoms with E-state index in [9.17, 15) is 20.4 Å². The van der Waals surface area contributed by atoms with Crippen molar-refractivity contribution in [2.75, 3.05) is 0 Å². The highest BCUT2D eigenvalue weighted by atomic mass is 79.9. The third kappa shape index (κ3) is 6.64. The number of rotatable bonds is 8. The molecule has 4 N–H and O–H groups in total. The van der Waals surface area contributed by atoms with Crippen LogP contribution >= 0.6 is 78.3 Å². The Labute approximate surface area is 269 Å². The molecule has 4 aromatic rings. The first-order valence-corrected chi connectivity index (χ1v) is 15.2. The molecule has 0 spiro atoms. The van der Waals surface area contributed by atoms with Gasteiger partial charge in [-0.1, -0.05) is 65.5 Å². The summed E-state index contributed by atoms with van der Waals surface area (Å²) in [5, 5.41) is 41.3. The van der Waals surface area contributed by atoms with Gasteiger partial charge in [0.1, 0.15) is 11.5 Å². The van der Waals surface area contributed by atoms with Crippen molar-refractivity contribution in [2.24, 2.45) is 0 Å². The second-order valence-corrected chi connectivity index (χ2v) is 13.2. The lowest BCUT2D eigenvalue weighted by molar-refractivity contribution is 0.431. The van der Waals surface area contributed by atoms with Crippen LogP contribution in [0.4, 0.5) is 0 Å².